The van der Waals surface area contributed by atoms with Crippen molar-refractivity contribution >= 4 is 11.9 Å². The Morgan fingerprint density at radius 2 is 1.97 bits per heavy atom. The van der Waals surface area contributed by atoms with Crippen LogP contribution in [0.25, 0.3) is 5.88 Å². The zero-order valence-corrected chi connectivity index (χ0v) is 16.8. The molecule has 3 rings (SSSR count). The molecule has 1 aliphatic rings. The number of ether oxygens (including phenoxy) is 4. The van der Waals surface area contributed by atoms with Crippen LogP contribution in [-0.4, -0.2) is 31.4 Å². The fraction of sp³-hybridized carbons (Fsp3) is 0.273. The third-order valence-electron chi connectivity index (χ3n) is 4.64. The molecule has 1 aromatic heterocycles. The van der Waals surface area contributed by atoms with Gasteiger partial charge in [0.1, 0.15) is 28.9 Å². The highest BCUT2D eigenvalue weighted by molar-refractivity contribution is 5.93. The van der Waals surface area contributed by atoms with Gasteiger partial charge in [-0.2, -0.15) is 5.26 Å². The number of hydrogen-bond acceptors (Lipinski definition) is 6. The SMILES string of the molecule is CCOC(=O)C1=C(C)OC(n2cccc2)=C(C#N)C1c1ccc(OC)cc1OC. The normalized spacial score (nSPS) is 16.2. The maximum absolute atomic E-state index is 12.8. The summed E-state index contributed by atoms with van der Waals surface area (Å²) in [7, 11) is 3.09. The summed E-state index contributed by atoms with van der Waals surface area (Å²) in [4.78, 5) is 12.8. The van der Waals surface area contributed by atoms with Crippen LogP contribution in [0.3, 0.4) is 0 Å². The van der Waals surface area contributed by atoms with E-state index < -0.39 is 11.9 Å². The van der Waals surface area contributed by atoms with Crippen molar-refractivity contribution < 1.29 is 23.7 Å². The summed E-state index contributed by atoms with van der Waals surface area (Å²) in [5.41, 5.74) is 1.18. The third-order valence-corrected chi connectivity index (χ3v) is 4.64. The van der Waals surface area contributed by atoms with Crippen molar-refractivity contribution in [1.29, 1.82) is 5.26 Å². The van der Waals surface area contributed by atoms with Crippen LogP contribution in [0.1, 0.15) is 25.3 Å². The number of nitriles is 1. The van der Waals surface area contributed by atoms with E-state index in [1.165, 1.54) is 7.11 Å². The van der Waals surface area contributed by atoms with Crippen molar-refractivity contribution in [3.05, 3.63) is 65.2 Å². The molecule has 7 heteroatoms. The number of rotatable bonds is 6. The minimum atomic E-state index is -0.717. The molecule has 29 heavy (non-hydrogen) atoms. The fourth-order valence-electron chi connectivity index (χ4n) is 3.34. The van der Waals surface area contributed by atoms with Crippen molar-refractivity contribution in [1.82, 2.24) is 4.57 Å². The summed E-state index contributed by atoms with van der Waals surface area (Å²) < 4.78 is 23.7. The van der Waals surface area contributed by atoms with E-state index >= 15 is 0 Å². The molecule has 2 heterocycles. The van der Waals surface area contributed by atoms with Gasteiger partial charge in [-0.25, -0.2) is 4.79 Å². The summed E-state index contributed by atoms with van der Waals surface area (Å²) in [5, 5.41) is 10.0. The van der Waals surface area contributed by atoms with Crippen LogP contribution in [0, 0.1) is 11.3 Å². The maximum Gasteiger partial charge on any atom is 0.338 e. The first-order chi connectivity index (χ1) is 14.0. The summed E-state index contributed by atoms with van der Waals surface area (Å²) in [5.74, 6) is 0.549. The lowest BCUT2D eigenvalue weighted by Crippen LogP contribution is -2.24. The van der Waals surface area contributed by atoms with E-state index in [-0.39, 0.29) is 17.8 Å². The van der Waals surface area contributed by atoms with Gasteiger partial charge in [0.05, 0.1) is 32.3 Å². The number of hydrogen-bond donors (Lipinski definition) is 0. The molecule has 1 aliphatic heterocycles. The Labute approximate surface area is 169 Å². The quantitative estimate of drug-likeness (QED) is 0.692. The van der Waals surface area contributed by atoms with Gasteiger partial charge in [-0.3, -0.25) is 4.57 Å². The number of methoxy groups -OCH3 is 2. The Morgan fingerprint density at radius 1 is 1.24 bits per heavy atom. The van der Waals surface area contributed by atoms with Gasteiger partial charge in [-0.1, -0.05) is 6.07 Å². The average molecular weight is 394 g/mol. The van der Waals surface area contributed by atoms with Gasteiger partial charge in [0.2, 0.25) is 5.88 Å². The molecule has 150 valence electrons. The molecule has 0 bridgehead atoms. The van der Waals surface area contributed by atoms with E-state index in [1.807, 2.05) is 12.1 Å². The summed E-state index contributed by atoms with van der Waals surface area (Å²) in [6.45, 7) is 3.62. The van der Waals surface area contributed by atoms with E-state index in [0.29, 0.717) is 28.7 Å². The van der Waals surface area contributed by atoms with Gasteiger partial charge in [-0.15, -0.1) is 0 Å². The standard InChI is InChI=1S/C22H22N2O5/c1-5-28-22(25)19-14(2)29-21(24-10-6-7-11-24)17(13-23)20(19)16-9-8-15(26-3)12-18(16)27-4/h6-12,20H,5H2,1-4H3. The van der Waals surface area contributed by atoms with E-state index in [4.69, 9.17) is 18.9 Å². The highest BCUT2D eigenvalue weighted by Crippen LogP contribution is 2.45. The van der Waals surface area contributed by atoms with Crippen LogP contribution >= 0.6 is 0 Å². The van der Waals surface area contributed by atoms with E-state index in [0.717, 1.165) is 0 Å². The highest BCUT2D eigenvalue weighted by atomic mass is 16.5. The zero-order valence-electron chi connectivity index (χ0n) is 16.8. The van der Waals surface area contributed by atoms with Crippen LogP contribution in [0.15, 0.2) is 59.6 Å². The topological polar surface area (TPSA) is 82.7 Å². The van der Waals surface area contributed by atoms with Crippen molar-refractivity contribution in [3.8, 4) is 17.6 Å². The van der Waals surface area contributed by atoms with Gasteiger partial charge >= 0.3 is 5.97 Å². The summed E-state index contributed by atoms with van der Waals surface area (Å²) in [6.07, 6.45) is 3.55. The molecule has 1 unspecified atom stereocenters. The van der Waals surface area contributed by atoms with Gasteiger partial charge in [0, 0.05) is 24.0 Å². The van der Waals surface area contributed by atoms with Gasteiger partial charge < -0.3 is 18.9 Å². The Morgan fingerprint density at radius 3 is 2.55 bits per heavy atom. The molecule has 0 fully saturated rings. The van der Waals surface area contributed by atoms with Gasteiger partial charge in [0.25, 0.3) is 0 Å². The van der Waals surface area contributed by atoms with Crippen LogP contribution < -0.4 is 9.47 Å². The van der Waals surface area contributed by atoms with Crippen LogP contribution in [0.4, 0.5) is 0 Å². The predicted molar refractivity (Wildman–Crippen MR) is 106 cm³/mol. The molecule has 7 nitrogen and oxygen atoms in total. The Kier molecular flexibility index (Phi) is 5.93. The molecular weight excluding hydrogens is 372 g/mol. The first-order valence-electron chi connectivity index (χ1n) is 9.10. The predicted octanol–water partition coefficient (Wildman–Crippen LogP) is 3.85. The highest BCUT2D eigenvalue weighted by Gasteiger charge is 2.39. The molecule has 1 aromatic carbocycles. The van der Waals surface area contributed by atoms with Crippen molar-refractivity contribution in [2.45, 2.75) is 19.8 Å². The van der Waals surface area contributed by atoms with Gasteiger partial charge in [0.15, 0.2) is 0 Å². The summed E-state index contributed by atoms with van der Waals surface area (Å²) in [6, 6.07) is 11.1. The lowest BCUT2D eigenvalue weighted by molar-refractivity contribution is -0.139. The van der Waals surface area contributed by atoms with E-state index in [1.54, 1.807) is 56.1 Å². The van der Waals surface area contributed by atoms with Crippen molar-refractivity contribution in [3.63, 3.8) is 0 Å². The average Bonchev–Trinajstić information content (AvgIpc) is 3.27. The molecule has 2 aromatic rings. The number of esters is 1. The Bertz CT molecular complexity index is 1010. The second-order valence-corrected chi connectivity index (χ2v) is 6.25. The lowest BCUT2D eigenvalue weighted by Gasteiger charge is -2.29. The second kappa shape index (κ2) is 8.57. The van der Waals surface area contributed by atoms with Crippen LogP contribution in [0.5, 0.6) is 11.5 Å². The molecule has 0 spiro atoms. The lowest BCUT2D eigenvalue weighted by atomic mass is 9.82. The van der Waals surface area contributed by atoms with Gasteiger partial charge in [-0.05, 0) is 32.0 Å². The van der Waals surface area contributed by atoms with E-state index in [9.17, 15) is 10.1 Å². The smallest absolute Gasteiger partial charge is 0.338 e. The van der Waals surface area contributed by atoms with Crippen LogP contribution in [-0.2, 0) is 14.3 Å². The fourth-order valence-corrected chi connectivity index (χ4v) is 3.34. The number of carbonyl (C=O) groups is 1. The molecule has 0 radical (unpaired) electrons. The number of nitrogens with zero attached hydrogens (tertiary/aromatic N) is 2. The second-order valence-electron chi connectivity index (χ2n) is 6.25. The molecule has 0 amide bonds. The maximum atomic E-state index is 12.8. The minimum Gasteiger partial charge on any atom is -0.497 e. The minimum absolute atomic E-state index is 0.206. The summed E-state index contributed by atoms with van der Waals surface area (Å²) >= 11 is 0. The number of carbonyl (C=O) groups excluding carboxylic acids is 1. The first-order valence-corrected chi connectivity index (χ1v) is 9.10. The molecule has 0 aliphatic carbocycles. The molecule has 0 N–H and O–H groups in total. The molecular formula is C22H22N2O5. The molecule has 1 atom stereocenters. The monoisotopic (exact) mass is 394 g/mol. The Hall–Kier alpha value is -3.66. The zero-order chi connectivity index (χ0) is 21.0. The third kappa shape index (κ3) is 3.69. The Balaban J connectivity index is 2.27. The number of aromatic nitrogens is 1. The van der Waals surface area contributed by atoms with Crippen LogP contribution in [0.2, 0.25) is 0 Å². The molecule has 0 saturated carbocycles. The van der Waals surface area contributed by atoms with Crippen molar-refractivity contribution in [2.24, 2.45) is 0 Å². The van der Waals surface area contributed by atoms with E-state index in [2.05, 4.69) is 6.07 Å². The number of benzene rings is 1. The largest absolute Gasteiger partial charge is 0.497 e. The van der Waals surface area contributed by atoms with Crippen molar-refractivity contribution in [2.75, 3.05) is 20.8 Å². The first kappa shape index (κ1) is 20.1. The molecule has 0 saturated heterocycles. The number of allylic oxidation sites excluding steroid dienone is 2.